The van der Waals surface area contributed by atoms with Gasteiger partial charge >= 0.3 is 0 Å². The van der Waals surface area contributed by atoms with Crippen molar-refractivity contribution in [2.75, 3.05) is 0 Å². The first-order valence-corrected chi connectivity index (χ1v) is 13.6. The summed E-state index contributed by atoms with van der Waals surface area (Å²) in [5.41, 5.74) is 3.86. The van der Waals surface area contributed by atoms with Gasteiger partial charge in [-0.3, -0.25) is 9.59 Å². The Hall–Kier alpha value is -3.22. The van der Waals surface area contributed by atoms with E-state index in [0.29, 0.717) is 11.1 Å². The van der Waals surface area contributed by atoms with Gasteiger partial charge in [-0.05, 0) is 30.3 Å². The van der Waals surface area contributed by atoms with E-state index < -0.39 is 10.8 Å². The third-order valence-electron chi connectivity index (χ3n) is 6.05. The van der Waals surface area contributed by atoms with Crippen LogP contribution in [0.5, 0.6) is 0 Å². The zero-order chi connectivity index (χ0) is 25.8. The number of benzene rings is 3. The van der Waals surface area contributed by atoms with Crippen LogP contribution >= 0.6 is 22.7 Å². The predicted octanol–water partition coefficient (Wildman–Crippen LogP) is 8.70. The van der Waals surface area contributed by atoms with Gasteiger partial charge < -0.3 is 0 Å². The zero-order valence-electron chi connectivity index (χ0n) is 21.3. The number of nitrogens with zero attached hydrogens (tertiary/aromatic N) is 2. The van der Waals surface area contributed by atoms with E-state index in [2.05, 4.69) is 6.07 Å². The number of carbonyl (C=O) groups is 2. The Bertz CT molecular complexity index is 1530. The maximum absolute atomic E-state index is 13.0. The van der Waals surface area contributed by atoms with E-state index in [0.717, 1.165) is 41.6 Å². The summed E-state index contributed by atoms with van der Waals surface area (Å²) in [4.78, 5) is 35.8. The Labute approximate surface area is 219 Å². The largest absolute Gasteiger partial charge is 0.294 e. The van der Waals surface area contributed by atoms with Gasteiger partial charge in [0.05, 0.1) is 20.4 Å². The molecule has 0 aliphatic rings. The SMILES string of the molecule is CC(C)(C)C(=O)c1cccc2sc(-c3cccc(-c4nc5c(C(=O)C(C)(C)C)cccc5s4)c3)nc12. The van der Waals surface area contributed by atoms with Crippen molar-refractivity contribution in [3.05, 3.63) is 71.8 Å². The number of thiazole rings is 2. The molecule has 2 aromatic heterocycles. The number of hydrogen-bond acceptors (Lipinski definition) is 6. The normalized spacial score (nSPS) is 12.4. The fraction of sp³-hybridized carbons (Fsp3) is 0.267. The van der Waals surface area contributed by atoms with Crippen LogP contribution in [-0.4, -0.2) is 21.5 Å². The van der Waals surface area contributed by atoms with Crippen molar-refractivity contribution in [2.45, 2.75) is 41.5 Å². The molecule has 182 valence electrons. The van der Waals surface area contributed by atoms with Crippen LogP contribution in [-0.2, 0) is 0 Å². The Morgan fingerprint density at radius 2 is 1.00 bits per heavy atom. The van der Waals surface area contributed by atoms with Crippen molar-refractivity contribution >= 4 is 54.7 Å². The standard InChI is InChI=1S/C30H28N2O2S2/c1-29(2,3)25(33)19-12-8-14-21-23(19)31-27(35-21)17-10-7-11-18(16-17)28-32-24-20(26(34)30(4,5)6)13-9-15-22(24)36-28/h7-16H,1-6H3. The average Bonchev–Trinajstić information content (AvgIpc) is 3.46. The van der Waals surface area contributed by atoms with Crippen molar-refractivity contribution in [3.8, 4) is 21.1 Å². The van der Waals surface area contributed by atoms with Crippen molar-refractivity contribution in [2.24, 2.45) is 10.8 Å². The van der Waals surface area contributed by atoms with Crippen LogP contribution in [0.4, 0.5) is 0 Å². The molecule has 0 unspecified atom stereocenters. The molecule has 2 heterocycles. The molecule has 6 heteroatoms. The van der Waals surface area contributed by atoms with E-state index in [1.165, 1.54) is 0 Å². The summed E-state index contributed by atoms with van der Waals surface area (Å²) in [5.74, 6) is 0.183. The van der Waals surface area contributed by atoms with Gasteiger partial charge in [0.2, 0.25) is 0 Å². The highest BCUT2D eigenvalue weighted by molar-refractivity contribution is 7.22. The second-order valence-electron chi connectivity index (χ2n) is 11.1. The lowest BCUT2D eigenvalue weighted by atomic mass is 9.86. The molecule has 0 saturated heterocycles. The predicted molar refractivity (Wildman–Crippen MR) is 151 cm³/mol. The number of rotatable bonds is 4. The lowest BCUT2D eigenvalue weighted by molar-refractivity contribution is 0.0854. The molecule has 5 aromatic rings. The van der Waals surface area contributed by atoms with E-state index in [4.69, 9.17) is 9.97 Å². The first-order chi connectivity index (χ1) is 16.9. The lowest BCUT2D eigenvalue weighted by Crippen LogP contribution is -2.20. The van der Waals surface area contributed by atoms with Gasteiger partial charge in [-0.2, -0.15) is 0 Å². The van der Waals surface area contributed by atoms with Gasteiger partial charge in [-0.25, -0.2) is 9.97 Å². The molecular weight excluding hydrogens is 484 g/mol. The molecule has 0 fully saturated rings. The highest BCUT2D eigenvalue weighted by Gasteiger charge is 2.27. The molecule has 4 nitrogen and oxygen atoms in total. The van der Waals surface area contributed by atoms with Crippen molar-refractivity contribution in [1.29, 1.82) is 0 Å². The smallest absolute Gasteiger partial charge is 0.170 e. The summed E-state index contributed by atoms with van der Waals surface area (Å²) in [5, 5.41) is 1.73. The number of carbonyl (C=O) groups excluding carboxylic acids is 2. The Morgan fingerprint density at radius 3 is 1.39 bits per heavy atom. The second kappa shape index (κ2) is 8.71. The fourth-order valence-corrected chi connectivity index (χ4v) is 6.08. The Kier molecular flexibility index (Phi) is 5.92. The first kappa shape index (κ1) is 24.5. The van der Waals surface area contributed by atoms with Gasteiger partial charge in [-0.1, -0.05) is 71.9 Å². The van der Waals surface area contributed by atoms with Crippen LogP contribution in [0.15, 0.2) is 60.7 Å². The number of Topliss-reactive ketones (excluding diaryl/α,β-unsaturated/α-hetero) is 2. The number of hydrogen-bond donors (Lipinski definition) is 0. The molecule has 0 aliphatic carbocycles. The minimum atomic E-state index is -0.474. The van der Waals surface area contributed by atoms with Crippen LogP contribution in [0, 0.1) is 10.8 Å². The summed E-state index contributed by atoms with van der Waals surface area (Å²) in [6, 6.07) is 19.8. The molecule has 0 spiro atoms. The summed E-state index contributed by atoms with van der Waals surface area (Å²) < 4.78 is 1.99. The Balaban J connectivity index is 1.57. The highest BCUT2D eigenvalue weighted by Crippen LogP contribution is 2.38. The first-order valence-electron chi connectivity index (χ1n) is 11.9. The van der Waals surface area contributed by atoms with Crippen LogP contribution in [0.1, 0.15) is 62.3 Å². The van der Waals surface area contributed by atoms with Gasteiger partial charge in [0.1, 0.15) is 10.0 Å². The zero-order valence-corrected chi connectivity index (χ0v) is 22.9. The third kappa shape index (κ3) is 4.40. The van der Waals surface area contributed by atoms with Gasteiger partial charge in [0.15, 0.2) is 11.6 Å². The second-order valence-corrected chi connectivity index (χ2v) is 13.1. The summed E-state index contributed by atoms with van der Waals surface area (Å²) in [6.45, 7) is 11.6. The molecular formula is C30H28N2O2S2. The maximum atomic E-state index is 13.0. The number of ketones is 2. The molecule has 0 amide bonds. The third-order valence-corrected chi connectivity index (χ3v) is 8.19. The van der Waals surface area contributed by atoms with Crippen LogP contribution < -0.4 is 0 Å². The quantitative estimate of drug-likeness (QED) is 0.226. The molecule has 0 atom stereocenters. The number of aromatic nitrogens is 2. The fourth-order valence-electron chi connectivity index (χ4n) is 4.10. The van der Waals surface area contributed by atoms with Crippen LogP contribution in [0.25, 0.3) is 41.6 Å². The maximum Gasteiger partial charge on any atom is 0.170 e. The van der Waals surface area contributed by atoms with Crippen molar-refractivity contribution < 1.29 is 9.59 Å². The minimum Gasteiger partial charge on any atom is -0.294 e. The average molecular weight is 513 g/mol. The summed E-state index contributed by atoms with van der Waals surface area (Å²) >= 11 is 3.17. The Morgan fingerprint density at radius 1 is 0.611 bits per heavy atom. The number of para-hydroxylation sites is 2. The van der Waals surface area contributed by atoms with Crippen LogP contribution in [0.3, 0.4) is 0 Å². The van der Waals surface area contributed by atoms with E-state index in [-0.39, 0.29) is 11.6 Å². The van der Waals surface area contributed by atoms with Crippen LogP contribution in [0.2, 0.25) is 0 Å². The van der Waals surface area contributed by atoms with Gasteiger partial charge in [0.25, 0.3) is 0 Å². The van der Waals surface area contributed by atoms with Crippen molar-refractivity contribution in [1.82, 2.24) is 9.97 Å². The van der Waals surface area contributed by atoms with Gasteiger partial charge in [-0.15, -0.1) is 22.7 Å². The topological polar surface area (TPSA) is 59.9 Å². The monoisotopic (exact) mass is 512 g/mol. The number of fused-ring (bicyclic) bond motifs is 2. The summed E-state index contributed by atoms with van der Waals surface area (Å²) in [6.07, 6.45) is 0. The lowest BCUT2D eigenvalue weighted by Gasteiger charge is -2.16. The molecule has 0 N–H and O–H groups in total. The van der Waals surface area contributed by atoms with E-state index in [1.54, 1.807) is 22.7 Å². The van der Waals surface area contributed by atoms with Gasteiger partial charge in [0, 0.05) is 33.1 Å². The highest BCUT2D eigenvalue weighted by atomic mass is 32.1. The summed E-state index contributed by atoms with van der Waals surface area (Å²) in [7, 11) is 0. The minimum absolute atomic E-state index is 0.0915. The van der Waals surface area contributed by atoms with E-state index >= 15 is 0 Å². The molecule has 3 aromatic carbocycles. The van der Waals surface area contributed by atoms with E-state index in [9.17, 15) is 9.59 Å². The molecule has 36 heavy (non-hydrogen) atoms. The van der Waals surface area contributed by atoms with Crippen molar-refractivity contribution in [3.63, 3.8) is 0 Å². The van der Waals surface area contributed by atoms with E-state index in [1.807, 2.05) is 96.1 Å². The molecule has 5 rings (SSSR count). The molecule has 0 saturated carbocycles. The molecule has 0 aliphatic heterocycles. The molecule has 0 bridgehead atoms. The molecule has 0 radical (unpaired) electrons.